The molecule has 0 radical (unpaired) electrons. The van der Waals surface area contributed by atoms with Crippen LogP contribution in [0.4, 0.5) is 33.5 Å². The second-order valence-electron chi connectivity index (χ2n) is 8.62. The molecule has 2 aliphatic heterocycles. The first kappa shape index (κ1) is 25.3. The Morgan fingerprint density at radius 1 is 1.20 bits per heavy atom. The molecular weight excluding hydrogens is 501 g/mol. The van der Waals surface area contributed by atoms with Crippen molar-refractivity contribution in [2.45, 2.75) is 51.0 Å². The van der Waals surface area contributed by atoms with Crippen LogP contribution in [0.15, 0.2) is 24.3 Å². The maximum atomic E-state index is 14.6. The lowest BCUT2D eigenvalue weighted by molar-refractivity contribution is -0.161. The van der Waals surface area contributed by atoms with Crippen molar-refractivity contribution in [3.8, 4) is 0 Å². The van der Waals surface area contributed by atoms with Crippen LogP contribution in [0.3, 0.4) is 0 Å². The zero-order valence-corrected chi connectivity index (χ0v) is 19.5. The number of benzene rings is 1. The van der Waals surface area contributed by atoms with E-state index in [0.29, 0.717) is 6.07 Å². The van der Waals surface area contributed by atoms with Crippen molar-refractivity contribution in [1.82, 2.24) is 4.98 Å². The third-order valence-electron chi connectivity index (χ3n) is 5.67. The Hall–Kier alpha value is -2.83. The number of fused-ring (bicyclic) bond motifs is 1. The second kappa shape index (κ2) is 8.38. The van der Waals surface area contributed by atoms with Gasteiger partial charge >= 0.3 is 6.18 Å². The molecule has 7 nitrogen and oxygen atoms in total. The molecule has 2 aliphatic rings. The molecule has 3 heterocycles. The summed E-state index contributed by atoms with van der Waals surface area (Å²) < 4.78 is 80.0. The number of carbonyl (C=O) groups excluding carboxylic acids is 2. The molecule has 188 valence electrons. The van der Waals surface area contributed by atoms with Crippen molar-refractivity contribution in [3.05, 3.63) is 52.2 Å². The van der Waals surface area contributed by atoms with Crippen molar-refractivity contribution >= 4 is 34.9 Å². The van der Waals surface area contributed by atoms with E-state index in [9.17, 15) is 31.5 Å². The number of rotatable bonds is 3. The highest BCUT2D eigenvalue weighted by molar-refractivity contribution is 6.31. The fourth-order valence-corrected chi connectivity index (χ4v) is 4.33. The van der Waals surface area contributed by atoms with E-state index < -0.39 is 75.8 Å². The van der Waals surface area contributed by atoms with Crippen LogP contribution >= 0.6 is 11.6 Å². The Bertz CT molecular complexity index is 1220. The first-order chi connectivity index (χ1) is 16.1. The molecular formula is C22H19ClF5N3O4. The topological polar surface area (TPSA) is 72.0 Å². The standard InChI is InChI=1S/C22H19ClF5N3O4/c1-9-7-10(22(26,27)28)8-13(29-9)31-16(17-18(20(31)33)35-21(2,3)34-17)19(32)30(4)12-6-5-11(24)14(23)15(12)25/h5-8,16-18H,1-4H3/t16-,17?,18?/m0/s1. The molecule has 2 fully saturated rings. The fourth-order valence-electron chi connectivity index (χ4n) is 4.17. The Kier molecular flexibility index (Phi) is 6.05. The number of carbonyl (C=O) groups is 2. The number of aryl methyl sites for hydroxylation is 1. The van der Waals surface area contributed by atoms with E-state index in [0.717, 1.165) is 35.0 Å². The normalized spacial score (nSPS) is 23.5. The highest BCUT2D eigenvalue weighted by atomic mass is 35.5. The van der Waals surface area contributed by atoms with Crippen LogP contribution in [0.5, 0.6) is 0 Å². The molecule has 0 bridgehead atoms. The van der Waals surface area contributed by atoms with Gasteiger partial charge in [0.15, 0.2) is 17.7 Å². The Balaban J connectivity index is 1.82. The number of halogens is 6. The molecule has 0 spiro atoms. The van der Waals surface area contributed by atoms with Gasteiger partial charge in [-0.2, -0.15) is 13.2 Å². The number of amides is 2. The van der Waals surface area contributed by atoms with Gasteiger partial charge < -0.3 is 14.4 Å². The molecule has 0 N–H and O–H groups in total. The van der Waals surface area contributed by atoms with E-state index in [-0.39, 0.29) is 5.69 Å². The molecule has 0 saturated carbocycles. The maximum absolute atomic E-state index is 14.6. The van der Waals surface area contributed by atoms with Crippen molar-refractivity contribution in [3.63, 3.8) is 0 Å². The lowest BCUT2D eigenvalue weighted by Gasteiger charge is -2.31. The molecule has 2 aromatic rings. The van der Waals surface area contributed by atoms with E-state index in [1.54, 1.807) is 0 Å². The summed E-state index contributed by atoms with van der Waals surface area (Å²) in [6.07, 6.45) is -7.32. The van der Waals surface area contributed by atoms with E-state index in [4.69, 9.17) is 21.1 Å². The monoisotopic (exact) mass is 519 g/mol. The van der Waals surface area contributed by atoms with Crippen LogP contribution in [0.1, 0.15) is 25.1 Å². The van der Waals surface area contributed by atoms with Gasteiger partial charge in [-0.3, -0.25) is 14.5 Å². The highest BCUT2D eigenvalue weighted by Crippen LogP contribution is 2.42. The SMILES string of the molecule is Cc1cc(C(F)(F)F)cc(N2C(=O)C3OC(C)(C)OC3[C@H]2C(=O)N(C)c2ccc(F)c(Cl)c2F)n1. The summed E-state index contributed by atoms with van der Waals surface area (Å²) in [5.74, 6) is -5.81. The Morgan fingerprint density at radius 3 is 2.49 bits per heavy atom. The Morgan fingerprint density at radius 2 is 1.86 bits per heavy atom. The van der Waals surface area contributed by atoms with Gasteiger partial charge in [-0.1, -0.05) is 11.6 Å². The lowest BCUT2D eigenvalue weighted by atomic mass is 10.1. The summed E-state index contributed by atoms with van der Waals surface area (Å²) >= 11 is 5.63. The van der Waals surface area contributed by atoms with E-state index in [1.165, 1.54) is 20.8 Å². The molecule has 3 atom stereocenters. The molecule has 2 unspecified atom stereocenters. The summed E-state index contributed by atoms with van der Waals surface area (Å²) in [6.45, 7) is 4.30. The van der Waals surface area contributed by atoms with Crippen LogP contribution in [-0.4, -0.2) is 47.9 Å². The predicted octanol–water partition coefficient (Wildman–Crippen LogP) is 4.24. The summed E-state index contributed by atoms with van der Waals surface area (Å²) in [7, 11) is 1.15. The molecule has 2 saturated heterocycles. The first-order valence-electron chi connectivity index (χ1n) is 10.3. The summed E-state index contributed by atoms with van der Waals surface area (Å²) in [5, 5.41) is -0.851. The minimum Gasteiger partial charge on any atom is -0.341 e. The molecule has 35 heavy (non-hydrogen) atoms. The number of hydrogen-bond donors (Lipinski definition) is 0. The van der Waals surface area contributed by atoms with Crippen molar-refractivity contribution < 1.29 is 41.0 Å². The van der Waals surface area contributed by atoms with Gasteiger partial charge in [-0.25, -0.2) is 13.8 Å². The molecule has 1 aromatic heterocycles. The van der Waals surface area contributed by atoms with Gasteiger partial charge in [0, 0.05) is 12.7 Å². The number of nitrogens with zero attached hydrogens (tertiary/aromatic N) is 3. The van der Waals surface area contributed by atoms with Crippen LogP contribution in [0.25, 0.3) is 0 Å². The molecule has 13 heteroatoms. The van der Waals surface area contributed by atoms with E-state index in [2.05, 4.69) is 4.98 Å². The number of anilines is 2. The average molecular weight is 520 g/mol. The smallest absolute Gasteiger partial charge is 0.341 e. The predicted molar refractivity (Wildman–Crippen MR) is 114 cm³/mol. The van der Waals surface area contributed by atoms with Crippen molar-refractivity contribution in [2.75, 3.05) is 16.8 Å². The van der Waals surface area contributed by atoms with Gasteiger partial charge in [0.25, 0.3) is 11.8 Å². The quantitative estimate of drug-likeness (QED) is 0.448. The van der Waals surface area contributed by atoms with Gasteiger partial charge in [-0.05, 0) is 45.0 Å². The lowest BCUT2D eigenvalue weighted by Crippen LogP contribution is -2.51. The average Bonchev–Trinajstić information content (AvgIpc) is 3.20. The summed E-state index contributed by atoms with van der Waals surface area (Å²) in [6, 6.07) is 1.67. The van der Waals surface area contributed by atoms with Crippen molar-refractivity contribution in [1.29, 1.82) is 0 Å². The number of pyridine rings is 1. The number of alkyl halides is 3. The third kappa shape index (κ3) is 4.34. The van der Waals surface area contributed by atoms with Gasteiger partial charge in [0.1, 0.15) is 28.8 Å². The van der Waals surface area contributed by atoms with Crippen LogP contribution < -0.4 is 9.80 Å². The number of likely N-dealkylation sites (N-methyl/N-ethyl adjacent to an activating group) is 1. The van der Waals surface area contributed by atoms with Crippen molar-refractivity contribution in [2.24, 2.45) is 0 Å². The summed E-state index contributed by atoms with van der Waals surface area (Å²) in [4.78, 5) is 32.4. The largest absolute Gasteiger partial charge is 0.416 e. The highest BCUT2D eigenvalue weighted by Gasteiger charge is 2.61. The second-order valence-corrected chi connectivity index (χ2v) is 9.00. The van der Waals surface area contributed by atoms with E-state index >= 15 is 0 Å². The number of aromatic nitrogens is 1. The number of ether oxygens (including phenoxy) is 2. The zero-order chi connectivity index (χ0) is 26.0. The van der Waals surface area contributed by atoms with Crippen LogP contribution in [-0.2, 0) is 25.2 Å². The van der Waals surface area contributed by atoms with Crippen LogP contribution in [0, 0.1) is 18.6 Å². The third-order valence-corrected chi connectivity index (χ3v) is 6.02. The minimum absolute atomic E-state index is 0.0576. The zero-order valence-electron chi connectivity index (χ0n) is 18.8. The summed E-state index contributed by atoms with van der Waals surface area (Å²) in [5.41, 5.74) is -1.55. The molecule has 4 rings (SSSR count). The maximum Gasteiger partial charge on any atom is 0.416 e. The fraction of sp³-hybridized carbons (Fsp3) is 0.409. The van der Waals surface area contributed by atoms with E-state index in [1.807, 2.05) is 0 Å². The molecule has 1 aromatic carbocycles. The first-order valence-corrected chi connectivity index (χ1v) is 10.7. The van der Waals surface area contributed by atoms with Gasteiger partial charge in [0.05, 0.1) is 11.3 Å². The molecule has 0 aliphatic carbocycles. The number of hydrogen-bond acceptors (Lipinski definition) is 5. The molecule has 2 amide bonds. The Labute approximate surface area is 201 Å². The van der Waals surface area contributed by atoms with Crippen LogP contribution in [0.2, 0.25) is 5.02 Å². The van der Waals surface area contributed by atoms with Gasteiger partial charge in [0.2, 0.25) is 0 Å². The van der Waals surface area contributed by atoms with Gasteiger partial charge in [-0.15, -0.1) is 0 Å². The minimum atomic E-state index is -4.75.